The lowest BCUT2D eigenvalue weighted by Crippen LogP contribution is -2.55. The molecule has 1 saturated carbocycles. The Balaban J connectivity index is 1.47. The van der Waals surface area contributed by atoms with E-state index in [4.69, 9.17) is 4.42 Å². The average molecular weight is 413 g/mol. The van der Waals surface area contributed by atoms with E-state index in [-0.39, 0.29) is 11.9 Å². The molecule has 0 aromatic carbocycles. The van der Waals surface area contributed by atoms with Gasteiger partial charge in [-0.15, -0.1) is 0 Å². The van der Waals surface area contributed by atoms with Crippen LogP contribution in [0.5, 0.6) is 0 Å². The average Bonchev–Trinajstić information content (AvgIpc) is 3.21. The van der Waals surface area contributed by atoms with Crippen molar-refractivity contribution in [1.29, 1.82) is 0 Å². The Labute approximate surface area is 168 Å². The van der Waals surface area contributed by atoms with E-state index in [2.05, 4.69) is 0 Å². The Kier molecular flexibility index (Phi) is 7.14. The van der Waals surface area contributed by atoms with Gasteiger partial charge in [-0.25, -0.2) is 0 Å². The molecule has 1 aliphatic heterocycles. The van der Waals surface area contributed by atoms with Crippen LogP contribution in [-0.4, -0.2) is 85.6 Å². The zero-order chi connectivity index (χ0) is 20.1. The summed E-state index contributed by atoms with van der Waals surface area (Å²) in [6, 6.07) is 3.77. The molecule has 3 rings (SSSR count). The normalized spacial score (nSPS) is 20.5. The summed E-state index contributed by atoms with van der Waals surface area (Å²) in [5.41, 5.74) is 0. The van der Waals surface area contributed by atoms with Crippen molar-refractivity contribution in [3.05, 3.63) is 24.2 Å². The molecule has 158 valence electrons. The standard InChI is InChI=1S/C19H32N4O4S/c1-20(15-18-9-6-14-27-18)19(24)16-22-10-12-23(13-11-22)28(25,26)21(2)17-7-4-3-5-8-17/h6,9,14,17H,3-5,7-8,10-13,15-16H2,1-2H3. The Morgan fingerprint density at radius 3 is 2.43 bits per heavy atom. The zero-order valence-electron chi connectivity index (χ0n) is 16.9. The van der Waals surface area contributed by atoms with Gasteiger partial charge in [0, 0.05) is 46.3 Å². The van der Waals surface area contributed by atoms with Crippen molar-refractivity contribution in [2.24, 2.45) is 0 Å². The van der Waals surface area contributed by atoms with Crippen LogP contribution in [0.3, 0.4) is 0 Å². The molecule has 1 aliphatic carbocycles. The fourth-order valence-electron chi connectivity index (χ4n) is 3.97. The van der Waals surface area contributed by atoms with Crippen LogP contribution < -0.4 is 0 Å². The molecular weight excluding hydrogens is 380 g/mol. The number of piperazine rings is 1. The van der Waals surface area contributed by atoms with Gasteiger partial charge in [-0.3, -0.25) is 9.69 Å². The zero-order valence-corrected chi connectivity index (χ0v) is 17.7. The van der Waals surface area contributed by atoms with Gasteiger partial charge in [-0.1, -0.05) is 19.3 Å². The fraction of sp³-hybridized carbons (Fsp3) is 0.737. The van der Waals surface area contributed by atoms with E-state index >= 15 is 0 Å². The first-order valence-corrected chi connectivity index (χ1v) is 11.5. The van der Waals surface area contributed by atoms with Crippen LogP contribution in [0.1, 0.15) is 37.9 Å². The molecule has 0 radical (unpaired) electrons. The molecule has 0 atom stereocenters. The van der Waals surface area contributed by atoms with Crippen molar-refractivity contribution in [3.8, 4) is 0 Å². The molecule has 9 heteroatoms. The molecule has 2 aliphatic rings. The van der Waals surface area contributed by atoms with Gasteiger partial charge >= 0.3 is 0 Å². The molecule has 2 fully saturated rings. The van der Waals surface area contributed by atoms with Gasteiger partial charge < -0.3 is 9.32 Å². The van der Waals surface area contributed by atoms with E-state index in [1.165, 1.54) is 6.42 Å². The van der Waals surface area contributed by atoms with Gasteiger partial charge in [0.25, 0.3) is 10.2 Å². The first-order valence-electron chi connectivity index (χ1n) is 10.1. The van der Waals surface area contributed by atoms with Crippen molar-refractivity contribution < 1.29 is 17.6 Å². The minimum atomic E-state index is -3.43. The van der Waals surface area contributed by atoms with Crippen molar-refractivity contribution >= 4 is 16.1 Å². The Bertz CT molecular complexity index is 723. The second kappa shape index (κ2) is 9.39. The van der Waals surface area contributed by atoms with Gasteiger partial charge in [0.1, 0.15) is 5.76 Å². The molecule has 1 amide bonds. The lowest BCUT2D eigenvalue weighted by atomic mass is 9.96. The third-order valence-electron chi connectivity index (χ3n) is 5.87. The molecule has 0 unspecified atom stereocenters. The van der Waals surface area contributed by atoms with Crippen molar-refractivity contribution in [2.45, 2.75) is 44.7 Å². The molecule has 0 spiro atoms. The number of carbonyl (C=O) groups is 1. The highest BCUT2D eigenvalue weighted by Crippen LogP contribution is 2.25. The molecule has 28 heavy (non-hydrogen) atoms. The highest BCUT2D eigenvalue weighted by Gasteiger charge is 2.34. The summed E-state index contributed by atoms with van der Waals surface area (Å²) in [6.45, 7) is 2.72. The van der Waals surface area contributed by atoms with Crippen LogP contribution in [-0.2, 0) is 21.5 Å². The van der Waals surface area contributed by atoms with Crippen LogP contribution in [0.4, 0.5) is 0 Å². The van der Waals surface area contributed by atoms with Gasteiger partial charge in [-0.05, 0) is 25.0 Å². The maximum atomic E-state index is 12.9. The second-order valence-electron chi connectivity index (χ2n) is 7.82. The first-order chi connectivity index (χ1) is 13.4. The van der Waals surface area contributed by atoms with Crippen molar-refractivity contribution in [1.82, 2.24) is 18.4 Å². The smallest absolute Gasteiger partial charge is 0.282 e. The maximum Gasteiger partial charge on any atom is 0.282 e. The molecular formula is C19H32N4O4S. The Hall–Kier alpha value is -1.42. The summed E-state index contributed by atoms with van der Waals surface area (Å²) in [7, 11) is 0.0359. The van der Waals surface area contributed by atoms with E-state index in [1.54, 1.807) is 39.9 Å². The summed E-state index contributed by atoms with van der Waals surface area (Å²) in [4.78, 5) is 16.1. The highest BCUT2D eigenvalue weighted by molar-refractivity contribution is 7.86. The Morgan fingerprint density at radius 2 is 1.82 bits per heavy atom. The monoisotopic (exact) mass is 412 g/mol. The minimum absolute atomic E-state index is 0.00651. The van der Waals surface area contributed by atoms with Crippen LogP contribution in [0, 0.1) is 0 Å². The third kappa shape index (κ3) is 5.14. The molecule has 1 saturated heterocycles. The number of rotatable bonds is 7. The van der Waals surface area contributed by atoms with Gasteiger partial charge in [0.05, 0.1) is 19.4 Å². The maximum absolute atomic E-state index is 12.9. The number of amides is 1. The molecule has 2 heterocycles. The van der Waals surface area contributed by atoms with E-state index in [0.29, 0.717) is 39.3 Å². The van der Waals surface area contributed by atoms with E-state index < -0.39 is 10.2 Å². The third-order valence-corrected chi connectivity index (χ3v) is 7.91. The lowest BCUT2D eigenvalue weighted by molar-refractivity contribution is -0.132. The molecule has 1 aromatic rings. The quantitative estimate of drug-likeness (QED) is 0.676. The largest absolute Gasteiger partial charge is 0.467 e. The predicted molar refractivity (Wildman–Crippen MR) is 107 cm³/mol. The van der Waals surface area contributed by atoms with E-state index in [0.717, 1.165) is 31.4 Å². The molecule has 1 aromatic heterocycles. The number of hydrogen-bond donors (Lipinski definition) is 0. The lowest BCUT2D eigenvalue weighted by Gasteiger charge is -2.38. The van der Waals surface area contributed by atoms with Gasteiger partial charge in [0.15, 0.2) is 0 Å². The van der Waals surface area contributed by atoms with E-state index in [1.807, 2.05) is 11.0 Å². The SMILES string of the molecule is CN(Cc1ccco1)C(=O)CN1CCN(S(=O)(=O)N(C)C2CCCCC2)CC1. The van der Waals surface area contributed by atoms with Crippen LogP contribution >= 0.6 is 0 Å². The van der Waals surface area contributed by atoms with Gasteiger partial charge in [-0.2, -0.15) is 17.0 Å². The van der Waals surface area contributed by atoms with Crippen molar-refractivity contribution in [3.63, 3.8) is 0 Å². The number of likely N-dealkylation sites (N-methyl/N-ethyl adjacent to an activating group) is 1. The number of furan rings is 1. The molecule has 8 nitrogen and oxygen atoms in total. The fourth-order valence-corrected chi connectivity index (χ4v) is 5.55. The Morgan fingerprint density at radius 1 is 1.14 bits per heavy atom. The predicted octanol–water partition coefficient (Wildman–Crippen LogP) is 1.36. The van der Waals surface area contributed by atoms with Crippen LogP contribution in [0.15, 0.2) is 22.8 Å². The van der Waals surface area contributed by atoms with Gasteiger partial charge in [0.2, 0.25) is 5.91 Å². The molecule has 0 bridgehead atoms. The first kappa shape index (κ1) is 21.3. The minimum Gasteiger partial charge on any atom is -0.467 e. The summed E-state index contributed by atoms with van der Waals surface area (Å²) < 4.78 is 34.3. The van der Waals surface area contributed by atoms with Crippen LogP contribution in [0.25, 0.3) is 0 Å². The van der Waals surface area contributed by atoms with Crippen molar-refractivity contribution in [2.75, 3.05) is 46.8 Å². The summed E-state index contributed by atoms with van der Waals surface area (Å²) >= 11 is 0. The second-order valence-corrected chi connectivity index (χ2v) is 9.81. The summed E-state index contributed by atoms with van der Waals surface area (Å²) in [5.74, 6) is 0.754. The summed E-state index contributed by atoms with van der Waals surface area (Å²) in [5, 5.41) is 0. The van der Waals surface area contributed by atoms with E-state index in [9.17, 15) is 13.2 Å². The number of nitrogens with zero attached hydrogens (tertiary/aromatic N) is 4. The number of hydrogen-bond acceptors (Lipinski definition) is 5. The van der Waals surface area contributed by atoms with Crippen LogP contribution in [0.2, 0.25) is 0 Å². The summed E-state index contributed by atoms with van der Waals surface area (Å²) in [6.07, 6.45) is 6.90. The molecule has 0 N–H and O–H groups in total. The highest BCUT2D eigenvalue weighted by atomic mass is 32.2. The number of carbonyl (C=O) groups excluding carboxylic acids is 1. The topological polar surface area (TPSA) is 77.3 Å².